The summed E-state index contributed by atoms with van der Waals surface area (Å²) in [5.41, 5.74) is 0. The van der Waals surface area contributed by atoms with Gasteiger partial charge in [0.1, 0.15) is 0 Å². The minimum Gasteiger partial charge on any atom is -0.391 e. The third-order valence-corrected chi connectivity index (χ3v) is 3.36. The Morgan fingerprint density at radius 2 is 2.00 bits per heavy atom. The van der Waals surface area contributed by atoms with Gasteiger partial charge in [-0.25, -0.2) is 0 Å². The fraction of sp³-hybridized carbons (Fsp3) is 0.909. The lowest BCUT2D eigenvalue weighted by molar-refractivity contribution is -0.130. The molecule has 4 heteroatoms. The molecule has 0 bridgehead atoms. The second-order valence-electron chi connectivity index (χ2n) is 4.58. The van der Waals surface area contributed by atoms with Gasteiger partial charge in [0.25, 0.3) is 0 Å². The molecule has 4 nitrogen and oxygen atoms in total. The number of aliphatic hydroxyl groups excluding tert-OH is 1. The van der Waals surface area contributed by atoms with Crippen LogP contribution < -0.4 is 0 Å². The molecule has 0 aromatic heterocycles. The Kier molecular flexibility index (Phi) is 3.59. The van der Waals surface area contributed by atoms with Crippen LogP contribution in [0.4, 0.5) is 0 Å². The summed E-state index contributed by atoms with van der Waals surface area (Å²) in [6.07, 6.45) is 3.62. The van der Waals surface area contributed by atoms with Crippen molar-refractivity contribution >= 4 is 5.91 Å². The molecule has 15 heavy (non-hydrogen) atoms. The van der Waals surface area contributed by atoms with E-state index in [2.05, 4.69) is 4.90 Å². The quantitative estimate of drug-likeness (QED) is 0.720. The Balaban J connectivity index is 1.67. The summed E-state index contributed by atoms with van der Waals surface area (Å²) in [5, 5.41) is 9.32. The van der Waals surface area contributed by atoms with E-state index in [-0.39, 0.29) is 12.0 Å². The summed E-state index contributed by atoms with van der Waals surface area (Å²) in [7, 11) is 0. The molecule has 0 aliphatic carbocycles. The standard InChI is InChI=1S/C11H20N2O2/c14-10-3-8-13(9-10)11(15)4-7-12-5-1-2-6-12/h10,14H,1-9H2. The fourth-order valence-electron chi connectivity index (χ4n) is 2.39. The molecule has 0 radical (unpaired) electrons. The van der Waals surface area contributed by atoms with E-state index in [9.17, 15) is 9.90 Å². The van der Waals surface area contributed by atoms with Crippen LogP contribution in [0.25, 0.3) is 0 Å². The normalized spacial score (nSPS) is 27.5. The van der Waals surface area contributed by atoms with Crippen LogP contribution >= 0.6 is 0 Å². The van der Waals surface area contributed by atoms with Crippen LogP contribution in [0.2, 0.25) is 0 Å². The SMILES string of the molecule is O=C(CCN1CCCC1)N1CCC(O)C1. The highest BCUT2D eigenvalue weighted by molar-refractivity contribution is 5.76. The molecule has 2 aliphatic heterocycles. The van der Waals surface area contributed by atoms with Crippen molar-refractivity contribution in [1.29, 1.82) is 0 Å². The van der Waals surface area contributed by atoms with E-state index < -0.39 is 0 Å². The number of aliphatic hydroxyl groups is 1. The molecule has 0 aromatic carbocycles. The number of hydrogen-bond acceptors (Lipinski definition) is 3. The van der Waals surface area contributed by atoms with E-state index >= 15 is 0 Å². The van der Waals surface area contributed by atoms with Gasteiger partial charge in [-0.1, -0.05) is 0 Å². The van der Waals surface area contributed by atoms with E-state index in [0.29, 0.717) is 13.0 Å². The lowest BCUT2D eigenvalue weighted by Crippen LogP contribution is -2.32. The number of carbonyl (C=O) groups is 1. The molecule has 0 spiro atoms. The number of hydrogen-bond donors (Lipinski definition) is 1. The van der Waals surface area contributed by atoms with Crippen LogP contribution in [0.1, 0.15) is 25.7 Å². The van der Waals surface area contributed by atoms with Crippen molar-refractivity contribution in [2.45, 2.75) is 31.8 Å². The third kappa shape index (κ3) is 2.92. The number of carbonyl (C=O) groups excluding carboxylic acids is 1. The predicted molar refractivity (Wildman–Crippen MR) is 57.5 cm³/mol. The zero-order valence-corrected chi connectivity index (χ0v) is 9.19. The molecule has 1 atom stereocenters. The zero-order chi connectivity index (χ0) is 10.7. The molecule has 1 amide bonds. The number of rotatable bonds is 3. The maximum Gasteiger partial charge on any atom is 0.223 e. The minimum absolute atomic E-state index is 0.207. The summed E-state index contributed by atoms with van der Waals surface area (Å²) in [6.45, 7) is 4.47. The van der Waals surface area contributed by atoms with Crippen molar-refractivity contribution in [3.8, 4) is 0 Å². The van der Waals surface area contributed by atoms with Crippen molar-refractivity contribution in [1.82, 2.24) is 9.80 Å². The van der Waals surface area contributed by atoms with E-state index in [1.807, 2.05) is 0 Å². The van der Waals surface area contributed by atoms with Crippen LogP contribution in [0, 0.1) is 0 Å². The lowest BCUT2D eigenvalue weighted by atomic mass is 10.3. The average molecular weight is 212 g/mol. The minimum atomic E-state index is -0.291. The van der Waals surface area contributed by atoms with Crippen LogP contribution in [0.3, 0.4) is 0 Å². The van der Waals surface area contributed by atoms with Gasteiger partial charge in [0.05, 0.1) is 6.10 Å². The van der Waals surface area contributed by atoms with Gasteiger partial charge in [-0.3, -0.25) is 4.79 Å². The number of nitrogens with zero attached hydrogens (tertiary/aromatic N) is 2. The number of amides is 1. The zero-order valence-electron chi connectivity index (χ0n) is 9.19. The summed E-state index contributed by atoms with van der Waals surface area (Å²) in [4.78, 5) is 15.9. The molecule has 0 aromatic rings. The average Bonchev–Trinajstić information content (AvgIpc) is 2.84. The van der Waals surface area contributed by atoms with Crippen molar-refractivity contribution < 1.29 is 9.90 Å². The molecule has 2 aliphatic rings. The van der Waals surface area contributed by atoms with Crippen molar-refractivity contribution in [3.05, 3.63) is 0 Å². The highest BCUT2D eigenvalue weighted by Gasteiger charge is 2.24. The molecule has 1 unspecified atom stereocenters. The lowest BCUT2D eigenvalue weighted by Gasteiger charge is -2.18. The fourth-order valence-corrected chi connectivity index (χ4v) is 2.39. The van der Waals surface area contributed by atoms with Crippen molar-refractivity contribution in [2.75, 3.05) is 32.7 Å². The highest BCUT2D eigenvalue weighted by atomic mass is 16.3. The maximum absolute atomic E-state index is 11.7. The summed E-state index contributed by atoms with van der Waals surface area (Å²) in [6, 6.07) is 0. The second kappa shape index (κ2) is 4.94. The first-order chi connectivity index (χ1) is 7.25. The van der Waals surface area contributed by atoms with E-state index in [1.54, 1.807) is 4.90 Å². The highest BCUT2D eigenvalue weighted by Crippen LogP contribution is 2.12. The predicted octanol–water partition coefficient (Wildman–Crippen LogP) is 0.0655. The van der Waals surface area contributed by atoms with Crippen LogP contribution in [-0.2, 0) is 4.79 Å². The molecule has 2 fully saturated rings. The Bertz CT molecular complexity index is 227. The third-order valence-electron chi connectivity index (χ3n) is 3.36. The van der Waals surface area contributed by atoms with Crippen LogP contribution in [-0.4, -0.2) is 59.6 Å². The Morgan fingerprint density at radius 1 is 1.27 bits per heavy atom. The topological polar surface area (TPSA) is 43.8 Å². The van der Waals surface area contributed by atoms with E-state index in [4.69, 9.17) is 0 Å². The van der Waals surface area contributed by atoms with E-state index in [0.717, 1.165) is 32.6 Å². The van der Waals surface area contributed by atoms with E-state index in [1.165, 1.54) is 12.8 Å². The van der Waals surface area contributed by atoms with Gasteiger partial charge in [0, 0.05) is 26.1 Å². The first-order valence-corrected chi connectivity index (χ1v) is 5.94. The summed E-state index contributed by atoms with van der Waals surface area (Å²) < 4.78 is 0. The monoisotopic (exact) mass is 212 g/mol. The van der Waals surface area contributed by atoms with Crippen molar-refractivity contribution in [2.24, 2.45) is 0 Å². The number of β-amino-alcohol motifs (C(OH)–C–C–N with tert-alkyl or cyclic N) is 1. The molecule has 0 saturated carbocycles. The van der Waals surface area contributed by atoms with Gasteiger partial charge < -0.3 is 14.9 Å². The Morgan fingerprint density at radius 3 is 2.60 bits per heavy atom. The summed E-state index contributed by atoms with van der Waals surface area (Å²) in [5.74, 6) is 0.207. The largest absolute Gasteiger partial charge is 0.391 e. The van der Waals surface area contributed by atoms with Gasteiger partial charge >= 0.3 is 0 Å². The molecular weight excluding hydrogens is 192 g/mol. The van der Waals surface area contributed by atoms with Crippen LogP contribution in [0.15, 0.2) is 0 Å². The van der Waals surface area contributed by atoms with Gasteiger partial charge in [0.15, 0.2) is 0 Å². The summed E-state index contributed by atoms with van der Waals surface area (Å²) >= 11 is 0. The van der Waals surface area contributed by atoms with Gasteiger partial charge in [-0.2, -0.15) is 0 Å². The van der Waals surface area contributed by atoms with Gasteiger partial charge in [-0.15, -0.1) is 0 Å². The van der Waals surface area contributed by atoms with Crippen molar-refractivity contribution in [3.63, 3.8) is 0 Å². The van der Waals surface area contributed by atoms with Gasteiger partial charge in [0.2, 0.25) is 5.91 Å². The maximum atomic E-state index is 11.7. The van der Waals surface area contributed by atoms with Gasteiger partial charge in [-0.05, 0) is 32.4 Å². The molecular formula is C11H20N2O2. The molecule has 2 saturated heterocycles. The molecule has 2 rings (SSSR count). The number of likely N-dealkylation sites (tertiary alicyclic amines) is 2. The Hall–Kier alpha value is -0.610. The molecule has 1 N–H and O–H groups in total. The smallest absolute Gasteiger partial charge is 0.223 e. The first-order valence-electron chi connectivity index (χ1n) is 5.94. The van der Waals surface area contributed by atoms with Crippen LogP contribution in [0.5, 0.6) is 0 Å². The molecule has 2 heterocycles. The molecule has 86 valence electrons. The Labute approximate surface area is 90.9 Å². The first kappa shape index (κ1) is 10.9. The second-order valence-corrected chi connectivity index (χ2v) is 4.58.